The molecule has 1 aliphatic rings. The van der Waals surface area contributed by atoms with Crippen LogP contribution in [0.2, 0.25) is 0 Å². The maximum absolute atomic E-state index is 13.0. The molecular formula is C22H28N2O3S. The highest BCUT2D eigenvalue weighted by molar-refractivity contribution is 7.90. The van der Waals surface area contributed by atoms with Crippen molar-refractivity contribution >= 4 is 21.4 Å². The van der Waals surface area contributed by atoms with Crippen molar-refractivity contribution < 1.29 is 13.2 Å². The molecule has 0 atom stereocenters. The minimum atomic E-state index is -3.34. The molecule has 6 heteroatoms. The van der Waals surface area contributed by atoms with Crippen molar-refractivity contribution in [2.45, 2.75) is 31.6 Å². The fraction of sp³-hybridized carbons (Fsp3) is 0.409. The van der Waals surface area contributed by atoms with E-state index in [2.05, 4.69) is 43.0 Å². The molecule has 0 saturated carbocycles. The number of rotatable bonds is 4. The Kier molecular flexibility index (Phi) is 5.79. The van der Waals surface area contributed by atoms with Crippen LogP contribution >= 0.6 is 0 Å². The molecule has 28 heavy (non-hydrogen) atoms. The van der Waals surface area contributed by atoms with Crippen LogP contribution in [-0.4, -0.2) is 51.7 Å². The van der Waals surface area contributed by atoms with E-state index < -0.39 is 9.84 Å². The molecule has 1 aliphatic heterocycles. The van der Waals surface area contributed by atoms with Crippen LogP contribution in [0.1, 0.15) is 41.3 Å². The van der Waals surface area contributed by atoms with Crippen molar-refractivity contribution in [3.05, 3.63) is 59.2 Å². The lowest BCUT2D eigenvalue weighted by molar-refractivity contribution is 0.0746. The Labute approximate surface area is 167 Å². The van der Waals surface area contributed by atoms with Crippen LogP contribution in [0.3, 0.4) is 0 Å². The summed E-state index contributed by atoms with van der Waals surface area (Å²) in [5.41, 5.74) is 3.76. The number of hydrogen-bond acceptors (Lipinski definition) is 4. The topological polar surface area (TPSA) is 57.7 Å². The molecule has 0 unspecified atom stereocenters. The zero-order chi connectivity index (χ0) is 20.5. The van der Waals surface area contributed by atoms with Gasteiger partial charge in [0.05, 0.1) is 4.90 Å². The lowest BCUT2D eigenvalue weighted by atomic mass is 10.0. The maximum atomic E-state index is 13.0. The second kappa shape index (κ2) is 7.95. The van der Waals surface area contributed by atoms with Gasteiger partial charge in [-0.1, -0.05) is 32.0 Å². The highest BCUT2D eigenvalue weighted by atomic mass is 32.2. The minimum absolute atomic E-state index is 0.0993. The largest absolute Gasteiger partial charge is 0.368 e. The fourth-order valence-corrected chi connectivity index (χ4v) is 4.12. The zero-order valence-corrected chi connectivity index (χ0v) is 17.8. The molecule has 2 aromatic carbocycles. The van der Waals surface area contributed by atoms with Crippen LogP contribution < -0.4 is 4.90 Å². The van der Waals surface area contributed by atoms with Gasteiger partial charge in [0.1, 0.15) is 0 Å². The standard InChI is InChI=1S/C22H28N2O3S/c1-16(2)18-6-8-19(9-7-18)23-11-13-24(14-12-23)22(25)21-15-20(28(4,26)27)10-5-17(21)3/h5-10,15-16H,11-14H2,1-4H3. The molecule has 0 aromatic heterocycles. The molecule has 1 saturated heterocycles. The van der Waals surface area contributed by atoms with Gasteiger partial charge in [-0.15, -0.1) is 0 Å². The highest BCUT2D eigenvalue weighted by Gasteiger charge is 2.24. The first-order chi connectivity index (χ1) is 13.2. The molecule has 2 aromatic rings. The van der Waals surface area contributed by atoms with Gasteiger partial charge in [0.25, 0.3) is 5.91 Å². The number of sulfone groups is 1. The van der Waals surface area contributed by atoms with Crippen molar-refractivity contribution in [3.8, 4) is 0 Å². The van der Waals surface area contributed by atoms with E-state index in [-0.39, 0.29) is 10.8 Å². The Morgan fingerprint density at radius 3 is 2.11 bits per heavy atom. The van der Waals surface area contributed by atoms with Gasteiger partial charge < -0.3 is 9.80 Å². The van der Waals surface area contributed by atoms with Gasteiger partial charge in [-0.3, -0.25) is 4.79 Å². The summed E-state index contributed by atoms with van der Waals surface area (Å²) in [4.78, 5) is 17.3. The third-order valence-corrected chi connectivity index (χ3v) is 6.47. The van der Waals surface area contributed by atoms with Crippen LogP contribution in [0.4, 0.5) is 5.69 Å². The Balaban J connectivity index is 1.70. The van der Waals surface area contributed by atoms with Crippen LogP contribution in [-0.2, 0) is 9.84 Å². The molecular weight excluding hydrogens is 372 g/mol. The number of nitrogens with zero attached hydrogens (tertiary/aromatic N) is 2. The van der Waals surface area contributed by atoms with Gasteiger partial charge in [-0.25, -0.2) is 8.42 Å². The second-order valence-electron chi connectivity index (χ2n) is 7.77. The summed E-state index contributed by atoms with van der Waals surface area (Å²) in [5.74, 6) is 0.410. The molecule has 0 N–H and O–H groups in total. The summed E-state index contributed by atoms with van der Waals surface area (Å²) < 4.78 is 23.7. The number of aryl methyl sites for hydroxylation is 1. The number of benzene rings is 2. The van der Waals surface area contributed by atoms with Gasteiger partial charge in [-0.2, -0.15) is 0 Å². The van der Waals surface area contributed by atoms with E-state index in [1.807, 2.05) is 11.8 Å². The molecule has 0 radical (unpaired) electrons. The summed E-state index contributed by atoms with van der Waals surface area (Å²) in [7, 11) is -3.34. The lowest BCUT2D eigenvalue weighted by Crippen LogP contribution is -2.49. The van der Waals surface area contributed by atoms with Crippen molar-refractivity contribution in [3.63, 3.8) is 0 Å². The molecule has 0 spiro atoms. The maximum Gasteiger partial charge on any atom is 0.254 e. The monoisotopic (exact) mass is 400 g/mol. The predicted octanol–water partition coefficient (Wildman–Crippen LogP) is 3.48. The van der Waals surface area contributed by atoms with Crippen molar-refractivity contribution in [2.75, 3.05) is 37.3 Å². The average molecular weight is 401 g/mol. The highest BCUT2D eigenvalue weighted by Crippen LogP contribution is 2.23. The summed E-state index contributed by atoms with van der Waals surface area (Å²) in [6, 6.07) is 13.4. The Hall–Kier alpha value is -2.34. The third kappa shape index (κ3) is 4.38. The first-order valence-corrected chi connectivity index (χ1v) is 11.5. The van der Waals surface area contributed by atoms with Crippen LogP contribution in [0.15, 0.2) is 47.4 Å². The smallest absolute Gasteiger partial charge is 0.254 e. The van der Waals surface area contributed by atoms with Crippen LogP contribution in [0.5, 0.6) is 0 Å². The second-order valence-corrected chi connectivity index (χ2v) is 9.79. The molecule has 1 amide bonds. The number of anilines is 1. The lowest BCUT2D eigenvalue weighted by Gasteiger charge is -2.36. The van der Waals surface area contributed by atoms with E-state index in [0.29, 0.717) is 24.6 Å². The number of hydrogen-bond donors (Lipinski definition) is 0. The minimum Gasteiger partial charge on any atom is -0.368 e. The molecule has 3 rings (SSSR count). The quantitative estimate of drug-likeness (QED) is 0.788. The van der Waals surface area contributed by atoms with Crippen LogP contribution in [0.25, 0.3) is 0 Å². The first kappa shape index (κ1) is 20.4. The number of amides is 1. The van der Waals surface area contributed by atoms with Crippen LogP contribution in [0, 0.1) is 6.92 Å². The fourth-order valence-electron chi connectivity index (χ4n) is 3.47. The summed E-state index contributed by atoms with van der Waals surface area (Å²) in [5, 5.41) is 0. The van der Waals surface area contributed by atoms with E-state index in [9.17, 15) is 13.2 Å². The summed E-state index contributed by atoms with van der Waals surface area (Å²) >= 11 is 0. The van der Waals surface area contributed by atoms with Crippen molar-refractivity contribution in [1.82, 2.24) is 4.90 Å². The van der Waals surface area contributed by atoms with Gasteiger partial charge in [0.2, 0.25) is 0 Å². The molecule has 0 bridgehead atoms. The molecule has 150 valence electrons. The average Bonchev–Trinajstić information content (AvgIpc) is 2.67. The SMILES string of the molecule is Cc1ccc(S(C)(=O)=O)cc1C(=O)N1CCN(c2ccc(C(C)C)cc2)CC1. The molecule has 1 fully saturated rings. The first-order valence-electron chi connectivity index (χ1n) is 9.61. The summed E-state index contributed by atoms with van der Waals surface area (Å²) in [6.07, 6.45) is 1.16. The van der Waals surface area contributed by atoms with Crippen molar-refractivity contribution in [1.29, 1.82) is 0 Å². The Bertz CT molecular complexity index is 958. The number of carbonyl (C=O) groups excluding carboxylic acids is 1. The van der Waals surface area contributed by atoms with Gasteiger partial charge in [-0.05, 0) is 48.2 Å². The molecule has 5 nitrogen and oxygen atoms in total. The van der Waals surface area contributed by atoms with Gasteiger partial charge in [0, 0.05) is 43.7 Å². The normalized spacial score (nSPS) is 15.2. The van der Waals surface area contributed by atoms with E-state index in [4.69, 9.17) is 0 Å². The van der Waals surface area contributed by atoms with E-state index >= 15 is 0 Å². The Morgan fingerprint density at radius 1 is 0.964 bits per heavy atom. The third-order valence-electron chi connectivity index (χ3n) is 5.36. The molecule has 0 aliphatic carbocycles. The molecule has 1 heterocycles. The van der Waals surface area contributed by atoms with E-state index in [1.54, 1.807) is 12.1 Å². The van der Waals surface area contributed by atoms with Crippen molar-refractivity contribution in [2.24, 2.45) is 0 Å². The van der Waals surface area contributed by atoms with E-state index in [0.717, 1.165) is 24.9 Å². The van der Waals surface area contributed by atoms with E-state index in [1.165, 1.54) is 17.3 Å². The summed E-state index contributed by atoms with van der Waals surface area (Å²) in [6.45, 7) is 8.96. The number of carbonyl (C=O) groups is 1. The predicted molar refractivity (Wildman–Crippen MR) is 113 cm³/mol. The zero-order valence-electron chi connectivity index (χ0n) is 17.0. The van der Waals surface area contributed by atoms with Gasteiger partial charge >= 0.3 is 0 Å². The number of piperazine rings is 1. The Morgan fingerprint density at radius 2 is 1.57 bits per heavy atom. The van der Waals surface area contributed by atoms with Gasteiger partial charge in [0.15, 0.2) is 9.84 Å².